The van der Waals surface area contributed by atoms with Crippen LogP contribution in [-0.2, 0) is 9.53 Å². The molecule has 0 aliphatic heterocycles. The van der Waals surface area contributed by atoms with Crippen molar-refractivity contribution in [1.82, 2.24) is 0 Å². The lowest BCUT2D eigenvalue weighted by molar-refractivity contribution is -0.161. The fraction of sp³-hybridized carbons (Fsp3) is 0.833. The number of carbonyl (C=O) groups is 1. The third kappa shape index (κ3) is 3.18. The van der Waals surface area contributed by atoms with E-state index < -0.39 is 5.60 Å². The van der Waals surface area contributed by atoms with Crippen LogP contribution in [0.4, 0.5) is 0 Å². The van der Waals surface area contributed by atoms with Crippen LogP contribution >= 0.6 is 0 Å². The Hall–Kier alpha value is -0.830. The van der Waals surface area contributed by atoms with E-state index in [1.165, 1.54) is 26.2 Å². The van der Waals surface area contributed by atoms with Gasteiger partial charge in [0, 0.05) is 6.92 Å². The lowest BCUT2D eigenvalue weighted by atomic mass is 9.52. The molecular weight excluding hydrogens is 262 g/mol. The summed E-state index contributed by atoms with van der Waals surface area (Å²) < 4.78 is 5.50. The van der Waals surface area contributed by atoms with E-state index in [4.69, 9.17) is 10.5 Å². The standard InChI is InChI=1S/C18H31NO2/c1-6-12(2)14-7-15-9-18(11-19,16(15)8-14)10-17(4,5)21-13(3)20/h8,12,15-16H,6-7,9-11,19H2,1-5H3/t12?,15-,16-,18-/m0/s1. The molecule has 0 aromatic rings. The zero-order valence-corrected chi connectivity index (χ0v) is 14.2. The number of esters is 1. The van der Waals surface area contributed by atoms with Crippen molar-refractivity contribution < 1.29 is 9.53 Å². The summed E-state index contributed by atoms with van der Waals surface area (Å²) >= 11 is 0. The lowest BCUT2D eigenvalue weighted by Crippen LogP contribution is -2.53. The Morgan fingerprint density at radius 2 is 2.24 bits per heavy atom. The minimum atomic E-state index is -0.427. The molecule has 0 bridgehead atoms. The normalized spacial score (nSPS) is 33.0. The van der Waals surface area contributed by atoms with Gasteiger partial charge in [0.25, 0.3) is 0 Å². The van der Waals surface area contributed by atoms with Crippen molar-refractivity contribution in [1.29, 1.82) is 0 Å². The van der Waals surface area contributed by atoms with Gasteiger partial charge in [-0.1, -0.05) is 25.5 Å². The quantitative estimate of drug-likeness (QED) is 0.600. The van der Waals surface area contributed by atoms with Gasteiger partial charge in [-0.15, -0.1) is 0 Å². The number of ether oxygens (including phenoxy) is 1. The second-order valence-electron chi connectivity index (χ2n) is 7.84. The highest BCUT2D eigenvalue weighted by atomic mass is 16.6. The number of allylic oxidation sites excluding steroid dienone is 2. The SMILES string of the molecule is CCC(C)C1=C[C@H]2[C@@H](C1)C[C@@]2(CN)CC(C)(C)OC(C)=O. The molecular formula is C18H31NO2. The van der Waals surface area contributed by atoms with Crippen molar-refractivity contribution in [3.05, 3.63) is 11.6 Å². The van der Waals surface area contributed by atoms with Gasteiger partial charge in [-0.05, 0) is 69.2 Å². The molecule has 0 radical (unpaired) electrons. The Morgan fingerprint density at radius 3 is 2.76 bits per heavy atom. The molecule has 0 amide bonds. The van der Waals surface area contributed by atoms with Crippen LogP contribution in [0.1, 0.15) is 60.3 Å². The summed E-state index contributed by atoms with van der Waals surface area (Å²) in [5.74, 6) is 1.84. The van der Waals surface area contributed by atoms with Crippen LogP contribution in [0.3, 0.4) is 0 Å². The number of carbonyl (C=O) groups excluding carboxylic acids is 1. The molecule has 1 unspecified atom stereocenters. The van der Waals surface area contributed by atoms with Gasteiger partial charge in [0.1, 0.15) is 5.60 Å². The van der Waals surface area contributed by atoms with Crippen molar-refractivity contribution in [3.63, 3.8) is 0 Å². The summed E-state index contributed by atoms with van der Waals surface area (Å²) in [4.78, 5) is 11.3. The summed E-state index contributed by atoms with van der Waals surface area (Å²) in [5.41, 5.74) is 7.46. The van der Waals surface area contributed by atoms with E-state index in [9.17, 15) is 4.79 Å². The second-order valence-corrected chi connectivity index (χ2v) is 7.84. The Kier molecular flexibility index (Phi) is 4.53. The molecule has 0 aromatic carbocycles. The highest BCUT2D eigenvalue weighted by Gasteiger charge is 2.56. The van der Waals surface area contributed by atoms with Crippen LogP contribution in [0.2, 0.25) is 0 Å². The van der Waals surface area contributed by atoms with Crippen LogP contribution in [0, 0.1) is 23.2 Å². The minimum Gasteiger partial charge on any atom is -0.460 e. The molecule has 2 N–H and O–H groups in total. The number of hydrogen-bond donors (Lipinski definition) is 1. The molecule has 0 heterocycles. The maximum atomic E-state index is 11.3. The predicted octanol–water partition coefficient (Wildman–Crippen LogP) is 3.68. The summed E-state index contributed by atoms with van der Waals surface area (Å²) in [6, 6.07) is 0. The van der Waals surface area contributed by atoms with E-state index in [-0.39, 0.29) is 11.4 Å². The van der Waals surface area contributed by atoms with Gasteiger partial charge in [-0.25, -0.2) is 0 Å². The molecule has 0 saturated heterocycles. The Balaban J connectivity index is 2.11. The minimum absolute atomic E-state index is 0.124. The summed E-state index contributed by atoms with van der Waals surface area (Å²) in [7, 11) is 0. The molecule has 2 rings (SSSR count). The van der Waals surface area contributed by atoms with Crippen LogP contribution < -0.4 is 5.73 Å². The molecule has 2 aliphatic rings. The molecule has 1 saturated carbocycles. The largest absolute Gasteiger partial charge is 0.460 e. The van der Waals surface area contributed by atoms with E-state index in [2.05, 4.69) is 19.9 Å². The second kappa shape index (κ2) is 5.75. The van der Waals surface area contributed by atoms with E-state index in [1.807, 2.05) is 13.8 Å². The van der Waals surface area contributed by atoms with E-state index in [0.29, 0.717) is 18.4 Å². The Labute approximate surface area is 129 Å². The number of nitrogens with two attached hydrogens (primary N) is 1. The van der Waals surface area contributed by atoms with E-state index >= 15 is 0 Å². The van der Waals surface area contributed by atoms with Crippen LogP contribution in [-0.4, -0.2) is 18.1 Å². The molecule has 3 heteroatoms. The fourth-order valence-corrected chi connectivity index (χ4v) is 4.62. The highest BCUT2D eigenvalue weighted by Crippen LogP contribution is 2.61. The number of rotatable bonds is 6. The van der Waals surface area contributed by atoms with Gasteiger partial charge in [0.15, 0.2) is 0 Å². The first-order valence-corrected chi connectivity index (χ1v) is 8.33. The lowest BCUT2D eigenvalue weighted by Gasteiger charge is -2.54. The molecule has 4 atom stereocenters. The van der Waals surface area contributed by atoms with Crippen LogP contribution in [0.25, 0.3) is 0 Å². The molecule has 3 nitrogen and oxygen atoms in total. The highest BCUT2D eigenvalue weighted by molar-refractivity contribution is 5.66. The maximum absolute atomic E-state index is 11.3. The third-order valence-corrected chi connectivity index (χ3v) is 5.62. The van der Waals surface area contributed by atoms with E-state index in [1.54, 1.807) is 5.57 Å². The van der Waals surface area contributed by atoms with Gasteiger partial charge < -0.3 is 10.5 Å². The number of hydrogen-bond acceptors (Lipinski definition) is 3. The van der Waals surface area contributed by atoms with Gasteiger partial charge in [0.05, 0.1) is 0 Å². The van der Waals surface area contributed by atoms with Crippen LogP contribution in [0.5, 0.6) is 0 Å². The molecule has 120 valence electrons. The first kappa shape index (κ1) is 16.5. The molecule has 2 aliphatic carbocycles. The number of fused-ring (bicyclic) bond motifs is 1. The van der Waals surface area contributed by atoms with Crippen molar-refractivity contribution in [3.8, 4) is 0 Å². The zero-order valence-electron chi connectivity index (χ0n) is 14.2. The van der Waals surface area contributed by atoms with Gasteiger partial charge in [-0.2, -0.15) is 0 Å². The van der Waals surface area contributed by atoms with Gasteiger partial charge >= 0.3 is 5.97 Å². The average molecular weight is 293 g/mol. The van der Waals surface area contributed by atoms with Crippen molar-refractivity contribution in [2.75, 3.05) is 6.54 Å². The molecule has 21 heavy (non-hydrogen) atoms. The van der Waals surface area contributed by atoms with Gasteiger partial charge in [0.2, 0.25) is 0 Å². The molecule has 0 aromatic heterocycles. The smallest absolute Gasteiger partial charge is 0.303 e. The summed E-state index contributed by atoms with van der Waals surface area (Å²) in [6.07, 6.45) is 6.99. The first-order chi connectivity index (χ1) is 9.73. The fourth-order valence-electron chi connectivity index (χ4n) is 4.62. The Bertz CT molecular complexity index is 440. The first-order valence-electron chi connectivity index (χ1n) is 8.33. The molecule has 0 spiro atoms. The Morgan fingerprint density at radius 1 is 1.57 bits per heavy atom. The monoisotopic (exact) mass is 293 g/mol. The van der Waals surface area contributed by atoms with Gasteiger partial charge in [-0.3, -0.25) is 4.79 Å². The topological polar surface area (TPSA) is 52.3 Å². The predicted molar refractivity (Wildman–Crippen MR) is 85.7 cm³/mol. The van der Waals surface area contributed by atoms with Crippen molar-refractivity contribution in [2.45, 2.75) is 65.9 Å². The average Bonchev–Trinajstić information content (AvgIpc) is 2.72. The zero-order chi connectivity index (χ0) is 15.8. The van der Waals surface area contributed by atoms with Crippen molar-refractivity contribution >= 4 is 5.97 Å². The molecule has 1 fully saturated rings. The van der Waals surface area contributed by atoms with Crippen molar-refractivity contribution in [2.24, 2.45) is 28.9 Å². The maximum Gasteiger partial charge on any atom is 0.303 e. The summed E-state index contributed by atoms with van der Waals surface area (Å²) in [5, 5.41) is 0. The summed E-state index contributed by atoms with van der Waals surface area (Å²) in [6.45, 7) is 10.8. The van der Waals surface area contributed by atoms with Crippen LogP contribution in [0.15, 0.2) is 11.6 Å². The van der Waals surface area contributed by atoms with E-state index in [0.717, 1.165) is 12.3 Å². The third-order valence-electron chi connectivity index (χ3n) is 5.62.